The summed E-state index contributed by atoms with van der Waals surface area (Å²) >= 11 is 1.67. The smallest absolute Gasteiger partial charge is 0.234 e. The summed E-state index contributed by atoms with van der Waals surface area (Å²) in [6.45, 7) is 7.07. The van der Waals surface area contributed by atoms with Gasteiger partial charge < -0.3 is 10.4 Å². The fraction of sp³-hybridized carbons (Fsp3) is 0.667. The molecule has 1 rings (SSSR count). The maximum Gasteiger partial charge on any atom is 0.234 e. The van der Waals surface area contributed by atoms with Gasteiger partial charge in [-0.2, -0.15) is 0 Å². The van der Waals surface area contributed by atoms with Crippen LogP contribution < -0.4 is 5.32 Å². The van der Waals surface area contributed by atoms with Crippen LogP contribution in [-0.2, 0) is 4.79 Å². The number of rotatable bonds is 8. The van der Waals surface area contributed by atoms with E-state index in [4.69, 9.17) is 0 Å². The van der Waals surface area contributed by atoms with Gasteiger partial charge in [0, 0.05) is 11.4 Å². The number of amides is 1. The van der Waals surface area contributed by atoms with E-state index < -0.39 is 0 Å². The van der Waals surface area contributed by atoms with Gasteiger partial charge in [-0.15, -0.1) is 11.3 Å². The Bertz CT molecular complexity index is 391. The molecule has 20 heavy (non-hydrogen) atoms. The summed E-state index contributed by atoms with van der Waals surface area (Å²) in [6, 6.07) is 4.15. The monoisotopic (exact) mass is 298 g/mol. The highest BCUT2D eigenvalue weighted by atomic mass is 32.1. The van der Waals surface area contributed by atoms with Crippen molar-refractivity contribution >= 4 is 17.2 Å². The molecule has 0 spiro atoms. The van der Waals surface area contributed by atoms with E-state index in [1.165, 1.54) is 4.88 Å². The van der Waals surface area contributed by atoms with Gasteiger partial charge in [-0.05, 0) is 37.8 Å². The number of hydrogen-bond donors (Lipinski definition) is 2. The van der Waals surface area contributed by atoms with Crippen molar-refractivity contribution in [3.05, 3.63) is 22.4 Å². The zero-order chi connectivity index (χ0) is 15.1. The molecule has 0 bridgehead atoms. The molecule has 0 radical (unpaired) electrons. The molecule has 0 aliphatic rings. The van der Waals surface area contributed by atoms with Crippen molar-refractivity contribution in [1.29, 1.82) is 0 Å². The lowest BCUT2D eigenvalue weighted by Crippen LogP contribution is -2.39. The van der Waals surface area contributed by atoms with Crippen LogP contribution in [0.2, 0.25) is 0 Å². The molecule has 0 saturated heterocycles. The number of nitrogens with zero attached hydrogens (tertiary/aromatic N) is 1. The first kappa shape index (κ1) is 17.1. The summed E-state index contributed by atoms with van der Waals surface area (Å²) in [7, 11) is 1.90. The average Bonchev–Trinajstić information content (AvgIpc) is 2.86. The molecule has 0 saturated carbocycles. The van der Waals surface area contributed by atoms with Gasteiger partial charge in [0.2, 0.25) is 5.91 Å². The van der Waals surface area contributed by atoms with E-state index in [0.29, 0.717) is 18.9 Å². The summed E-state index contributed by atoms with van der Waals surface area (Å²) in [6.07, 6.45) is 0.359. The molecule has 1 aromatic heterocycles. The molecular formula is C15H26N2O2S. The first-order valence-corrected chi connectivity index (χ1v) is 7.97. The maximum absolute atomic E-state index is 12.1. The van der Waals surface area contributed by atoms with E-state index in [0.717, 1.165) is 6.54 Å². The number of aliphatic hydroxyl groups excluding tert-OH is 1. The van der Waals surface area contributed by atoms with Crippen LogP contribution in [0.4, 0.5) is 0 Å². The molecular weight excluding hydrogens is 272 g/mol. The van der Waals surface area contributed by atoms with Crippen molar-refractivity contribution in [2.45, 2.75) is 39.3 Å². The summed E-state index contributed by atoms with van der Waals surface area (Å²) in [5, 5.41) is 14.4. The fourth-order valence-corrected chi connectivity index (χ4v) is 2.93. The van der Waals surface area contributed by atoms with Crippen LogP contribution in [0.5, 0.6) is 0 Å². The van der Waals surface area contributed by atoms with Crippen molar-refractivity contribution < 1.29 is 9.90 Å². The van der Waals surface area contributed by atoms with Gasteiger partial charge in [-0.3, -0.25) is 9.69 Å². The molecule has 114 valence electrons. The molecule has 0 fully saturated rings. The zero-order valence-corrected chi connectivity index (χ0v) is 13.6. The number of likely N-dealkylation sites (N-methyl/N-ethyl adjacent to an activating group) is 1. The van der Waals surface area contributed by atoms with Crippen molar-refractivity contribution in [2.24, 2.45) is 5.92 Å². The third-order valence-corrected chi connectivity index (χ3v) is 4.13. The summed E-state index contributed by atoms with van der Waals surface area (Å²) in [4.78, 5) is 15.2. The van der Waals surface area contributed by atoms with Crippen LogP contribution in [0.1, 0.15) is 38.1 Å². The fourth-order valence-electron chi connectivity index (χ4n) is 1.99. The van der Waals surface area contributed by atoms with Crippen LogP contribution in [0.3, 0.4) is 0 Å². The summed E-state index contributed by atoms with van der Waals surface area (Å²) in [5.74, 6) is 0.394. The zero-order valence-electron chi connectivity index (χ0n) is 12.8. The van der Waals surface area contributed by atoms with E-state index in [9.17, 15) is 9.90 Å². The van der Waals surface area contributed by atoms with Crippen LogP contribution in [0, 0.1) is 5.92 Å². The average molecular weight is 298 g/mol. The van der Waals surface area contributed by atoms with Crippen LogP contribution in [0.15, 0.2) is 17.5 Å². The van der Waals surface area contributed by atoms with Crippen LogP contribution in [0.25, 0.3) is 0 Å². The van der Waals surface area contributed by atoms with E-state index in [-0.39, 0.29) is 18.1 Å². The highest BCUT2D eigenvalue weighted by molar-refractivity contribution is 7.10. The standard InChI is InChI=1S/C15H26N2O2S/c1-11(2)15(13-6-5-9-20-13)16-14(19)10-17(4)8-7-12(3)18/h5-6,9,11-12,15,18H,7-8,10H2,1-4H3,(H,16,19). The van der Waals surface area contributed by atoms with Gasteiger partial charge in [0.15, 0.2) is 0 Å². The number of aliphatic hydroxyl groups is 1. The third-order valence-electron chi connectivity index (χ3n) is 3.17. The van der Waals surface area contributed by atoms with Crippen molar-refractivity contribution in [2.75, 3.05) is 20.1 Å². The highest BCUT2D eigenvalue weighted by Gasteiger charge is 2.19. The number of hydrogen-bond acceptors (Lipinski definition) is 4. The topological polar surface area (TPSA) is 52.6 Å². The molecule has 2 unspecified atom stereocenters. The van der Waals surface area contributed by atoms with Gasteiger partial charge in [-0.25, -0.2) is 0 Å². The summed E-state index contributed by atoms with van der Waals surface area (Å²) < 4.78 is 0. The first-order chi connectivity index (χ1) is 9.40. The second-order valence-corrected chi connectivity index (χ2v) is 6.66. The molecule has 1 amide bonds. The Labute approximate surface area is 125 Å². The number of carbonyl (C=O) groups excluding carboxylic acids is 1. The number of thiophene rings is 1. The molecule has 0 aromatic carbocycles. The highest BCUT2D eigenvalue weighted by Crippen LogP contribution is 2.25. The quantitative estimate of drug-likeness (QED) is 0.774. The minimum atomic E-state index is -0.324. The Hall–Kier alpha value is -0.910. The SMILES string of the molecule is CC(O)CCN(C)CC(=O)NC(c1cccs1)C(C)C. The molecule has 1 aromatic rings. The molecule has 1 heterocycles. The van der Waals surface area contributed by atoms with Gasteiger partial charge in [0.25, 0.3) is 0 Å². The van der Waals surface area contributed by atoms with E-state index in [1.807, 2.05) is 23.4 Å². The second-order valence-electron chi connectivity index (χ2n) is 5.68. The molecule has 0 aliphatic heterocycles. The Balaban J connectivity index is 2.47. The molecule has 5 heteroatoms. The van der Waals surface area contributed by atoms with Gasteiger partial charge in [-0.1, -0.05) is 19.9 Å². The molecule has 2 N–H and O–H groups in total. The predicted molar refractivity (Wildman–Crippen MR) is 83.8 cm³/mol. The minimum Gasteiger partial charge on any atom is -0.393 e. The minimum absolute atomic E-state index is 0.0326. The van der Waals surface area contributed by atoms with Gasteiger partial charge in [0.1, 0.15) is 0 Å². The number of nitrogens with one attached hydrogen (secondary N) is 1. The Morgan fingerprint density at radius 3 is 2.65 bits per heavy atom. The van der Waals surface area contributed by atoms with Crippen molar-refractivity contribution in [1.82, 2.24) is 10.2 Å². The molecule has 4 nitrogen and oxygen atoms in total. The lowest BCUT2D eigenvalue weighted by Gasteiger charge is -2.23. The normalized spacial score (nSPS) is 14.6. The predicted octanol–water partition coefficient (Wildman–Crippen LogP) is 2.26. The molecule has 0 aliphatic carbocycles. The Kier molecular flexibility index (Phi) is 7.19. The van der Waals surface area contributed by atoms with Crippen molar-refractivity contribution in [3.63, 3.8) is 0 Å². The Morgan fingerprint density at radius 1 is 1.45 bits per heavy atom. The molecule has 2 atom stereocenters. The first-order valence-electron chi connectivity index (χ1n) is 7.09. The van der Waals surface area contributed by atoms with E-state index in [1.54, 1.807) is 18.3 Å². The maximum atomic E-state index is 12.1. The largest absolute Gasteiger partial charge is 0.393 e. The van der Waals surface area contributed by atoms with Crippen molar-refractivity contribution in [3.8, 4) is 0 Å². The summed E-state index contributed by atoms with van der Waals surface area (Å²) in [5.41, 5.74) is 0. The third kappa shape index (κ3) is 6.03. The Morgan fingerprint density at radius 2 is 2.15 bits per heavy atom. The van der Waals surface area contributed by atoms with Gasteiger partial charge >= 0.3 is 0 Å². The van der Waals surface area contributed by atoms with E-state index in [2.05, 4.69) is 25.2 Å². The van der Waals surface area contributed by atoms with E-state index >= 15 is 0 Å². The van der Waals surface area contributed by atoms with Crippen LogP contribution in [-0.4, -0.2) is 42.2 Å². The number of carbonyl (C=O) groups is 1. The van der Waals surface area contributed by atoms with Gasteiger partial charge in [0.05, 0.1) is 18.7 Å². The lowest BCUT2D eigenvalue weighted by atomic mass is 10.0. The van der Waals surface area contributed by atoms with Crippen LogP contribution >= 0.6 is 11.3 Å². The lowest BCUT2D eigenvalue weighted by molar-refractivity contribution is -0.123. The second kappa shape index (κ2) is 8.39.